The van der Waals surface area contributed by atoms with E-state index in [2.05, 4.69) is 226 Å². The first-order valence-electron chi connectivity index (χ1n) is 19.6. The molecule has 3 nitrogen and oxygen atoms in total. The SMILES string of the molecule is c1ccc(-c2ccc(-c3ccc(-n4c5ccccc5c5cccc(-n6c7ccccc7c7cccc(-n8c9ccccc9c9ccccc98)c76)c54)cc3)cc2)cc1. The standard InChI is InChI=1S/C54H35N3/c1-2-14-36(15-3-1)37-28-30-38(31-29-37)39-32-34-40(35-33-39)55-47-22-8-6-18-43(47)45-20-13-27-52(53(45)55)57-50-25-11-7-19-44(50)46-21-12-26-51(54(46)57)56-48-23-9-4-16-41(48)42-17-5-10-24-49(42)56/h1-35H. The number of benzene rings is 9. The van der Waals surface area contributed by atoms with Crippen LogP contribution in [0.15, 0.2) is 212 Å². The Balaban J connectivity index is 1.11. The molecule has 0 aliphatic heterocycles. The minimum Gasteiger partial charge on any atom is -0.307 e. The molecule has 0 amide bonds. The zero-order valence-electron chi connectivity index (χ0n) is 31.0. The fourth-order valence-corrected chi connectivity index (χ4v) is 9.35. The van der Waals surface area contributed by atoms with Crippen LogP contribution in [0.1, 0.15) is 0 Å². The van der Waals surface area contributed by atoms with Gasteiger partial charge in [-0.2, -0.15) is 0 Å². The Labute approximate surface area is 329 Å². The van der Waals surface area contributed by atoms with Crippen LogP contribution in [0.25, 0.3) is 105 Å². The van der Waals surface area contributed by atoms with Gasteiger partial charge in [0, 0.05) is 38.0 Å². The van der Waals surface area contributed by atoms with Crippen LogP contribution in [-0.4, -0.2) is 13.7 Å². The highest BCUT2D eigenvalue weighted by Gasteiger charge is 2.23. The monoisotopic (exact) mass is 725 g/mol. The molecule has 0 aliphatic rings. The molecule has 0 spiro atoms. The van der Waals surface area contributed by atoms with E-state index in [9.17, 15) is 0 Å². The van der Waals surface area contributed by atoms with Gasteiger partial charge in [-0.15, -0.1) is 0 Å². The lowest BCUT2D eigenvalue weighted by Crippen LogP contribution is -2.03. The third-order valence-corrected chi connectivity index (χ3v) is 11.9. The normalized spacial score (nSPS) is 11.9. The maximum absolute atomic E-state index is 2.52. The van der Waals surface area contributed by atoms with Crippen LogP contribution in [-0.2, 0) is 0 Å². The quantitative estimate of drug-likeness (QED) is 0.168. The number of aromatic nitrogens is 3. The van der Waals surface area contributed by atoms with Gasteiger partial charge in [-0.3, -0.25) is 0 Å². The maximum Gasteiger partial charge on any atom is 0.0783 e. The Bertz CT molecular complexity index is 3440. The van der Waals surface area contributed by atoms with E-state index in [4.69, 9.17) is 0 Å². The molecule has 12 aromatic rings. The second-order valence-electron chi connectivity index (χ2n) is 14.9. The van der Waals surface area contributed by atoms with Crippen LogP contribution in [0.5, 0.6) is 0 Å². The minimum atomic E-state index is 1.13. The Morgan fingerprint density at radius 3 is 1.05 bits per heavy atom. The molecule has 12 rings (SSSR count). The number of para-hydroxylation sites is 6. The van der Waals surface area contributed by atoms with E-state index in [1.807, 2.05) is 0 Å². The van der Waals surface area contributed by atoms with Gasteiger partial charge in [-0.1, -0.05) is 164 Å². The molecule has 3 aromatic heterocycles. The molecule has 266 valence electrons. The Kier molecular flexibility index (Phi) is 6.93. The third kappa shape index (κ3) is 4.73. The summed E-state index contributed by atoms with van der Waals surface area (Å²) in [6.07, 6.45) is 0. The predicted molar refractivity (Wildman–Crippen MR) is 240 cm³/mol. The fraction of sp³-hybridized carbons (Fsp3) is 0. The summed E-state index contributed by atoms with van der Waals surface area (Å²) in [5.74, 6) is 0. The number of hydrogen-bond acceptors (Lipinski definition) is 0. The lowest BCUT2D eigenvalue weighted by atomic mass is 10.0. The molecule has 0 N–H and O–H groups in total. The lowest BCUT2D eigenvalue weighted by molar-refractivity contribution is 1.11. The Morgan fingerprint density at radius 1 is 0.211 bits per heavy atom. The molecule has 3 heterocycles. The summed E-state index contributed by atoms with van der Waals surface area (Å²) in [6, 6.07) is 77.4. The average Bonchev–Trinajstić information content (AvgIpc) is 3.93. The molecular weight excluding hydrogens is 691 g/mol. The number of fused-ring (bicyclic) bond motifs is 9. The highest BCUT2D eigenvalue weighted by atomic mass is 15.1. The summed E-state index contributed by atoms with van der Waals surface area (Å²) in [7, 11) is 0. The van der Waals surface area contributed by atoms with Crippen molar-refractivity contribution in [3.05, 3.63) is 212 Å². The smallest absolute Gasteiger partial charge is 0.0783 e. The van der Waals surface area contributed by atoms with Gasteiger partial charge in [0.1, 0.15) is 0 Å². The second kappa shape index (κ2) is 12.5. The van der Waals surface area contributed by atoms with Crippen molar-refractivity contribution >= 4 is 65.4 Å². The van der Waals surface area contributed by atoms with Crippen LogP contribution < -0.4 is 0 Å². The highest BCUT2D eigenvalue weighted by molar-refractivity contribution is 6.17. The van der Waals surface area contributed by atoms with Crippen LogP contribution in [0.3, 0.4) is 0 Å². The van der Waals surface area contributed by atoms with E-state index in [1.54, 1.807) is 0 Å². The van der Waals surface area contributed by atoms with Crippen LogP contribution in [0.2, 0.25) is 0 Å². The van der Waals surface area contributed by atoms with Crippen molar-refractivity contribution in [3.8, 4) is 39.3 Å². The molecule has 0 atom stereocenters. The summed E-state index contributed by atoms with van der Waals surface area (Å²) >= 11 is 0. The van der Waals surface area contributed by atoms with Gasteiger partial charge in [0.25, 0.3) is 0 Å². The Hall–Kier alpha value is -7.62. The third-order valence-electron chi connectivity index (χ3n) is 11.9. The summed E-state index contributed by atoms with van der Waals surface area (Å²) in [4.78, 5) is 0. The van der Waals surface area contributed by atoms with E-state index < -0.39 is 0 Å². The molecular formula is C54H35N3. The van der Waals surface area contributed by atoms with Crippen molar-refractivity contribution in [1.82, 2.24) is 13.7 Å². The predicted octanol–water partition coefficient (Wildman–Crippen LogP) is 14.3. The molecule has 0 unspecified atom stereocenters. The van der Waals surface area contributed by atoms with Crippen molar-refractivity contribution in [2.24, 2.45) is 0 Å². The Morgan fingerprint density at radius 2 is 0.544 bits per heavy atom. The molecule has 57 heavy (non-hydrogen) atoms. The van der Waals surface area contributed by atoms with Crippen LogP contribution in [0.4, 0.5) is 0 Å². The second-order valence-corrected chi connectivity index (χ2v) is 14.9. The van der Waals surface area contributed by atoms with Gasteiger partial charge in [-0.25, -0.2) is 0 Å². The maximum atomic E-state index is 2.52. The first-order chi connectivity index (χ1) is 28.3. The van der Waals surface area contributed by atoms with E-state index in [1.165, 1.54) is 87.7 Å². The van der Waals surface area contributed by atoms with Gasteiger partial charge in [0.15, 0.2) is 0 Å². The van der Waals surface area contributed by atoms with E-state index >= 15 is 0 Å². The van der Waals surface area contributed by atoms with Gasteiger partial charge in [-0.05, 0) is 70.8 Å². The fourth-order valence-electron chi connectivity index (χ4n) is 9.35. The van der Waals surface area contributed by atoms with Gasteiger partial charge in [0.2, 0.25) is 0 Å². The van der Waals surface area contributed by atoms with Crippen LogP contribution in [0, 0.1) is 0 Å². The average molecular weight is 726 g/mol. The first kappa shape index (κ1) is 31.7. The minimum absolute atomic E-state index is 1.13. The van der Waals surface area contributed by atoms with E-state index in [0.717, 1.165) is 17.1 Å². The van der Waals surface area contributed by atoms with E-state index in [-0.39, 0.29) is 0 Å². The number of hydrogen-bond donors (Lipinski definition) is 0. The molecule has 0 fully saturated rings. The van der Waals surface area contributed by atoms with Gasteiger partial charge in [0.05, 0.1) is 44.5 Å². The first-order valence-corrected chi connectivity index (χ1v) is 19.6. The van der Waals surface area contributed by atoms with Crippen molar-refractivity contribution in [2.75, 3.05) is 0 Å². The molecule has 0 bridgehead atoms. The van der Waals surface area contributed by atoms with Crippen molar-refractivity contribution in [2.45, 2.75) is 0 Å². The van der Waals surface area contributed by atoms with Crippen molar-refractivity contribution in [3.63, 3.8) is 0 Å². The molecule has 0 saturated heterocycles. The highest BCUT2D eigenvalue weighted by Crippen LogP contribution is 2.43. The van der Waals surface area contributed by atoms with Gasteiger partial charge < -0.3 is 13.7 Å². The van der Waals surface area contributed by atoms with Crippen molar-refractivity contribution in [1.29, 1.82) is 0 Å². The van der Waals surface area contributed by atoms with Crippen molar-refractivity contribution < 1.29 is 0 Å². The number of nitrogens with zero attached hydrogens (tertiary/aromatic N) is 3. The zero-order chi connectivity index (χ0) is 37.5. The summed E-state index contributed by atoms with van der Waals surface area (Å²) in [5.41, 5.74) is 15.4. The summed E-state index contributed by atoms with van der Waals surface area (Å²) < 4.78 is 7.44. The molecule has 0 aliphatic carbocycles. The number of rotatable bonds is 5. The molecule has 9 aromatic carbocycles. The summed E-state index contributed by atoms with van der Waals surface area (Å²) in [5, 5.41) is 7.43. The zero-order valence-corrected chi connectivity index (χ0v) is 31.0. The lowest BCUT2D eigenvalue weighted by Gasteiger charge is -2.17. The van der Waals surface area contributed by atoms with Crippen LogP contribution >= 0.6 is 0 Å². The largest absolute Gasteiger partial charge is 0.307 e. The molecule has 0 saturated carbocycles. The van der Waals surface area contributed by atoms with Gasteiger partial charge >= 0.3 is 0 Å². The molecule has 3 heteroatoms. The van der Waals surface area contributed by atoms with E-state index in [0.29, 0.717) is 0 Å². The molecule has 0 radical (unpaired) electrons. The topological polar surface area (TPSA) is 14.8 Å². The summed E-state index contributed by atoms with van der Waals surface area (Å²) in [6.45, 7) is 0.